The van der Waals surface area contributed by atoms with Crippen LogP contribution in [0.15, 0.2) is 0 Å². The number of rotatable bonds is 29. The number of imide groups is 1. The molecule has 1 radical (unpaired) electrons. The van der Waals surface area contributed by atoms with Crippen LogP contribution in [0.3, 0.4) is 0 Å². The fourth-order valence-corrected chi connectivity index (χ4v) is 9.00. The van der Waals surface area contributed by atoms with Crippen LogP contribution < -0.4 is 49.5 Å². The molecule has 0 heterocycles. The van der Waals surface area contributed by atoms with Crippen molar-refractivity contribution in [2.24, 2.45) is 40.7 Å². The fourth-order valence-electron chi connectivity index (χ4n) is 9.00. The van der Waals surface area contributed by atoms with Gasteiger partial charge in [-0.05, 0) is 82.6 Å². The first kappa shape index (κ1) is 57.1. The number of carbonyl (C=O) groups excluding carboxylic acids is 8. The van der Waals surface area contributed by atoms with E-state index in [2.05, 4.69) is 26.6 Å². The van der Waals surface area contributed by atoms with Crippen LogP contribution in [0.25, 0.3) is 0 Å². The summed E-state index contributed by atoms with van der Waals surface area (Å²) in [4.78, 5) is 123. The lowest BCUT2D eigenvalue weighted by Gasteiger charge is -2.41. The Morgan fingerprint density at radius 3 is 1.77 bits per heavy atom. The Bertz CT molecular complexity index is 1670. The summed E-state index contributed by atoms with van der Waals surface area (Å²) in [7, 11) is 0. The van der Waals surface area contributed by atoms with Gasteiger partial charge in [-0.3, -0.25) is 53.5 Å². The quantitative estimate of drug-likeness (QED) is 0.0207. The molecule has 0 spiro atoms. The molecule has 0 bridgehead atoms. The second kappa shape index (κ2) is 28.9. The number of carboxylic acid groups (broad SMARTS) is 1. The minimum Gasteiger partial charge on any atom is -0.481 e. The zero-order valence-electron chi connectivity index (χ0n) is 39.4. The number of amides is 6. The summed E-state index contributed by atoms with van der Waals surface area (Å²) < 4.78 is 0. The number of nitrogens with one attached hydrogen (secondary N) is 6. The lowest BCUT2D eigenvalue weighted by molar-refractivity contribution is -0.158. The maximum atomic E-state index is 14.9. The number of hydrogen-bond acceptors (Lipinski definition) is 13. The Kier molecular flexibility index (Phi) is 25.0. The molecule has 21 nitrogen and oxygen atoms in total. The number of carboxylic acids is 1. The smallest absolute Gasteiger partial charge is 0.305 e. The zero-order valence-corrected chi connectivity index (χ0v) is 39.4. The van der Waals surface area contributed by atoms with Crippen LogP contribution >= 0.6 is 0 Å². The normalized spacial score (nSPS) is 18.2. The van der Waals surface area contributed by atoms with Crippen LogP contribution in [-0.2, 0) is 43.2 Å². The molecule has 373 valence electrons. The van der Waals surface area contributed by atoms with Crippen molar-refractivity contribution in [2.45, 2.75) is 191 Å². The summed E-state index contributed by atoms with van der Waals surface area (Å²) in [5.41, 5.74) is 21.6. The van der Waals surface area contributed by atoms with E-state index in [1.54, 1.807) is 20.1 Å². The van der Waals surface area contributed by atoms with Gasteiger partial charge in [-0.25, -0.2) is 0 Å². The summed E-state index contributed by atoms with van der Waals surface area (Å²) in [5.74, 6) is -8.51. The highest BCUT2D eigenvalue weighted by atomic mass is 16.4. The first-order valence-corrected chi connectivity index (χ1v) is 23.7. The van der Waals surface area contributed by atoms with Crippen molar-refractivity contribution < 1.29 is 48.3 Å². The van der Waals surface area contributed by atoms with Crippen molar-refractivity contribution in [3.8, 4) is 0 Å². The Morgan fingerprint density at radius 1 is 0.742 bits per heavy atom. The van der Waals surface area contributed by atoms with Crippen LogP contribution in [0.4, 0.5) is 0 Å². The number of carbonyl (C=O) groups is 8. The molecular weight excluding hydrogens is 855 g/mol. The maximum Gasteiger partial charge on any atom is 0.305 e. The minimum atomic E-state index is -2.60. The van der Waals surface area contributed by atoms with Gasteiger partial charge in [0.15, 0.2) is 17.3 Å². The molecule has 0 aromatic rings. The second-order valence-electron chi connectivity index (χ2n) is 18.6. The van der Waals surface area contributed by atoms with Gasteiger partial charge in [0, 0.05) is 13.5 Å². The van der Waals surface area contributed by atoms with E-state index in [1.165, 1.54) is 13.8 Å². The topological polar surface area (TPSA) is 365 Å². The molecule has 66 heavy (non-hydrogen) atoms. The molecule has 6 amide bonds. The molecule has 0 aromatic carbocycles. The summed E-state index contributed by atoms with van der Waals surface area (Å²) >= 11 is 0. The number of aliphatic carboxylic acids is 1. The van der Waals surface area contributed by atoms with E-state index in [0.29, 0.717) is 24.3 Å². The highest BCUT2D eigenvalue weighted by Crippen LogP contribution is 2.32. The molecule has 0 unspecified atom stereocenters. The number of unbranched alkanes of at least 4 members (excludes halogenated alkanes) is 1. The monoisotopic (exact) mass is 933 g/mol. The minimum absolute atomic E-state index is 0.0252. The van der Waals surface area contributed by atoms with Crippen molar-refractivity contribution in [3.63, 3.8) is 0 Å². The third-order valence-electron chi connectivity index (χ3n) is 12.4. The average molecular weight is 933 g/mol. The second-order valence-corrected chi connectivity index (χ2v) is 18.6. The third-order valence-corrected chi connectivity index (χ3v) is 12.4. The number of ketones is 1. The molecule has 2 saturated carbocycles. The number of nitrogens with two attached hydrogens (primary N) is 4. The Balaban J connectivity index is 2.57. The molecule has 2 rings (SSSR count). The van der Waals surface area contributed by atoms with Gasteiger partial charge in [0.25, 0.3) is 5.91 Å². The summed E-state index contributed by atoms with van der Waals surface area (Å²) in [6.45, 7) is 6.21. The molecule has 0 aromatic heterocycles. The van der Waals surface area contributed by atoms with E-state index in [4.69, 9.17) is 28.3 Å². The first-order chi connectivity index (χ1) is 31.2. The van der Waals surface area contributed by atoms with E-state index in [9.17, 15) is 48.3 Å². The summed E-state index contributed by atoms with van der Waals surface area (Å²) in [5, 5.41) is 29.8. The molecule has 7 atom stereocenters. The Hall–Kier alpha value is -5.02. The highest BCUT2D eigenvalue weighted by molar-refractivity contribution is 6.15. The number of Topliss-reactive ketones (excluding diaryl/α,β-unsaturated/α-hetero) is 1. The lowest BCUT2D eigenvalue weighted by Crippen LogP contribution is -2.69. The van der Waals surface area contributed by atoms with E-state index in [0.717, 1.165) is 64.2 Å². The fraction of sp³-hybridized carbons (Fsp3) is 0.778. The Morgan fingerprint density at radius 2 is 1.27 bits per heavy atom. The van der Waals surface area contributed by atoms with Crippen LogP contribution in [0, 0.1) is 23.2 Å². The Labute approximate surface area is 389 Å². The van der Waals surface area contributed by atoms with Gasteiger partial charge in [-0.2, -0.15) is 0 Å². The number of hydrogen-bond donors (Lipinski definition) is 11. The van der Waals surface area contributed by atoms with Gasteiger partial charge in [0.05, 0.1) is 18.5 Å². The van der Waals surface area contributed by atoms with Gasteiger partial charge >= 0.3 is 5.97 Å². The van der Waals surface area contributed by atoms with E-state index in [1.807, 2.05) is 0 Å². The van der Waals surface area contributed by atoms with E-state index < -0.39 is 108 Å². The van der Waals surface area contributed by atoms with Crippen LogP contribution in [-0.4, -0.2) is 124 Å². The first-order valence-electron chi connectivity index (χ1n) is 23.7. The molecule has 2 aliphatic carbocycles. The average Bonchev–Trinajstić information content (AvgIpc) is 3.26. The van der Waals surface area contributed by atoms with E-state index in [-0.39, 0.29) is 56.4 Å². The van der Waals surface area contributed by atoms with Crippen molar-refractivity contribution in [2.75, 3.05) is 13.1 Å². The lowest BCUT2D eigenvalue weighted by atomic mass is 9.78. The van der Waals surface area contributed by atoms with E-state index >= 15 is 0 Å². The van der Waals surface area contributed by atoms with Gasteiger partial charge < -0.3 is 54.6 Å². The molecule has 15 N–H and O–H groups in total. The van der Waals surface area contributed by atoms with Gasteiger partial charge in [0.1, 0.15) is 24.2 Å². The van der Waals surface area contributed by atoms with Gasteiger partial charge in [-0.1, -0.05) is 78.1 Å². The van der Waals surface area contributed by atoms with Crippen molar-refractivity contribution in [1.82, 2.24) is 31.5 Å². The van der Waals surface area contributed by atoms with Crippen LogP contribution in [0.5, 0.6) is 0 Å². The maximum absolute atomic E-state index is 14.9. The van der Waals surface area contributed by atoms with Gasteiger partial charge in [0.2, 0.25) is 35.8 Å². The zero-order chi connectivity index (χ0) is 49.6. The number of nitrogens with zero attached hydrogens (tertiary/aromatic N) is 1. The molecule has 2 aliphatic rings. The van der Waals surface area contributed by atoms with Crippen molar-refractivity contribution in [1.29, 1.82) is 5.41 Å². The summed E-state index contributed by atoms with van der Waals surface area (Å²) in [6.07, 6.45) is 10.7. The predicted molar refractivity (Wildman–Crippen MR) is 246 cm³/mol. The highest BCUT2D eigenvalue weighted by Gasteiger charge is 2.54. The van der Waals surface area contributed by atoms with Crippen molar-refractivity contribution >= 4 is 59.4 Å². The number of guanidine groups is 1. The van der Waals surface area contributed by atoms with Gasteiger partial charge in [-0.15, -0.1) is 0 Å². The standard InChI is InChI=1S/C45H78N11O10/c1-27(2)22-35(54-41(64)36(25-37(59)60)55-39(62)34(53-29(4)58)18-11-12-20-46)40(63)52-28(3)42(65)56(43(66)33(48)24-31-16-9-6-10-17-31)45(26-57,19-13-21-51-44(49)50)38(61)32(47)23-30-14-7-5-8-15-30/h27-28,30-36H,5-25,46-48H2,1-4H3,(H,52,63)(H,53,58)(H,54,64)(H,55,62)(H,59,60)(H4,49,50,51)/t28-,32-,33-,34-,35-,36-,45-/m0/s1. The molecule has 0 aliphatic heterocycles. The summed E-state index contributed by atoms with van der Waals surface area (Å²) in [6, 6.07) is -8.52. The SMILES string of the molecule is CC(=O)N[C@@H](CCCCN)C(=O)N[C@@H](CC(=O)O)C(=O)N[C@@H](CC(C)C)C(=O)N[C@@H](C)C(=O)N(C(=O)[C@@H](N)CC1CCCCC1)[C@]([C]=O)(CCCNC(=N)N)C(=O)[C@@H](N)CC1CCCCC1. The molecule has 21 heteroatoms. The predicted octanol–water partition coefficient (Wildman–Crippen LogP) is 0.247. The third kappa shape index (κ3) is 18.7. The van der Waals surface area contributed by atoms with Crippen LogP contribution in [0.1, 0.15) is 150 Å². The van der Waals surface area contributed by atoms with Crippen molar-refractivity contribution in [3.05, 3.63) is 0 Å². The molecular formula is C45H78N11O10. The molecule has 2 fully saturated rings. The molecule has 0 saturated heterocycles. The largest absolute Gasteiger partial charge is 0.481 e. The van der Waals surface area contributed by atoms with Crippen LogP contribution in [0.2, 0.25) is 0 Å².